The third-order valence-electron chi connectivity index (χ3n) is 5.38. The van der Waals surface area contributed by atoms with E-state index in [0.29, 0.717) is 16.7 Å². The summed E-state index contributed by atoms with van der Waals surface area (Å²) in [5.41, 5.74) is 0.919. The number of carboxylic acid groups (broad SMARTS) is 1. The summed E-state index contributed by atoms with van der Waals surface area (Å²) in [6.45, 7) is 0. The predicted octanol–water partition coefficient (Wildman–Crippen LogP) is 5.35. The van der Waals surface area contributed by atoms with E-state index < -0.39 is 29.7 Å². The monoisotopic (exact) mass is 464 g/mol. The van der Waals surface area contributed by atoms with Crippen molar-refractivity contribution in [1.29, 1.82) is 0 Å². The van der Waals surface area contributed by atoms with Crippen molar-refractivity contribution >= 4 is 22.6 Å². The van der Waals surface area contributed by atoms with Crippen LogP contribution in [0.25, 0.3) is 21.9 Å². The molecule has 0 aliphatic rings. The van der Waals surface area contributed by atoms with E-state index >= 15 is 0 Å². The second-order valence-electron chi connectivity index (χ2n) is 7.76. The van der Waals surface area contributed by atoms with E-state index in [-0.39, 0.29) is 12.1 Å². The number of pyridine rings is 1. The van der Waals surface area contributed by atoms with E-state index in [1.165, 1.54) is 6.07 Å². The highest BCUT2D eigenvalue weighted by molar-refractivity contribution is 5.98. The molecule has 0 aliphatic carbocycles. The highest BCUT2D eigenvalue weighted by Crippen LogP contribution is 2.32. The number of aromatic nitrogens is 1. The summed E-state index contributed by atoms with van der Waals surface area (Å²) in [5, 5.41) is 13.8. The quantitative estimate of drug-likeness (QED) is 0.403. The second kappa shape index (κ2) is 9.35. The summed E-state index contributed by atoms with van der Waals surface area (Å²) >= 11 is 0. The summed E-state index contributed by atoms with van der Waals surface area (Å²) in [7, 11) is 0. The minimum atomic E-state index is -4.44. The summed E-state index contributed by atoms with van der Waals surface area (Å²) < 4.78 is 38.9. The number of hydrogen-bond acceptors (Lipinski definition) is 3. The van der Waals surface area contributed by atoms with Crippen LogP contribution >= 0.6 is 0 Å². The largest absolute Gasteiger partial charge is 0.480 e. The Bertz CT molecular complexity index is 1350. The summed E-state index contributed by atoms with van der Waals surface area (Å²) in [4.78, 5) is 28.5. The number of halogens is 3. The fourth-order valence-corrected chi connectivity index (χ4v) is 3.58. The number of carbonyl (C=O) groups is 2. The van der Waals surface area contributed by atoms with E-state index in [2.05, 4.69) is 10.3 Å². The summed E-state index contributed by atoms with van der Waals surface area (Å²) in [6, 6.07) is 19.2. The van der Waals surface area contributed by atoms with E-state index in [1.54, 1.807) is 42.6 Å². The van der Waals surface area contributed by atoms with Crippen molar-refractivity contribution in [3.8, 4) is 11.1 Å². The maximum atomic E-state index is 13.0. The first-order valence-corrected chi connectivity index (χ1v) is 10.4. The molecule has 0 bridgehead atoms. The van der Waals surface area contributed by atoms with E-state index in [4.69, 9.17) is 0 Å². The molecular formula is C26H19F3N2O3. The van der Waals surface area contributed by atoms with Crippen molar-refractivity contribution in [2.45, 2.75) is 18.6 Å². The Morgan fingerprint density at radius 3 is 2.26 bits per heavy atom. The molecule has 1 aromatic heterocycles. The van der Waals surface area contributed by atoms with Gasteiger partial charge in [-0.3, -0.25) is 9.78 Å². The predicted molar refractivity (Wildman–Crippen MR) is 121 cm³/mol. The van der Waals surface area contributed by atoms with E-state index in [9.17, 15) is 27.9 Å². The van der Waals surface area contributed by atoms with Crippen LogP contribution in [0.1, 0.15) is 21.6 Å². The van der Waals surface area contributed by atoms with Crippen molar-refractivity contribution in [3.05, 3.63) is 102 Å². The summed E-state index contributed by atoms with van der Waals surface area (Å²) in [6.07, 6.45) is -2.90. The molecule has 1 amide bonds. The molecule has 8 heteroatoms. The van der Waals surface area contributed by atoms with Crippen LogP contribution in [0.2, 0.25) is 0 Å². The molecule has 172 valence electrons. The molecule has 1 heterocycles. The first-order chi connectivity index (χ1) is 16.2. The molecule has 0 saturated carbocycles. The summed E-state index contributed by atoms with van der Waals surface area (Å²) in [5.74, 6) is -1.82. The van der Waals surface area contributed by atoms with Crippen LogP contribution in [-0.2, 0) is 17.4 Å². The maximum Gasteiger partial charge on any atom is 0.416 e. The Balaban J connectivity index is 1.48. The molecule has 0 radical (unpaired) electrons. The highest BCUT2D eigenvalue weighted by atomic mass is 19.4. The van der Waals surface area contributed by atoms with Gasteiger partial charge in [0.25, 0.3) is 5.91 Å². The number of benzene rings is 3. The molecule has 1 unspecified atom stereocenters. The molecule has 2 N–H and O–H groups in total. The molecule has 0 saturated heterocycles. The SMILES string of the molecule is O=C(NC(Cc1ccc(-c2cccc(C(F)(F)F)c2)cc1)C(=O)O)c1cc2ccccc2cn1. The lowest BCUT2D eigenvalue weighted by Crippen LogP contribution is -2.42. The van der Waals surface area contributed by atoms with Gasteiger partial charge in [-0.2, -0.15) is 13.2 Å². The molecular weight excluding hydrogens is 445 g/mol. The zero-order valence-corrected chi connectivity index (χ0v) is 17.7. The second-order valence-corrected chi connectivity index (χ2v) is 7.76. The Labute approximate surface area is 192 Å². The van der Waals surface area contributed by atoms with Crippen molar-refractivity contribution in [3.63, 3.8) is 0 Å². The molecule has 1 atom stereocenters. The van der Waals surface area contributed by atoms with Crippen LogP contribution in [0.5, 0.6) is 0 Å². The Hall–Kier alpha value is -4.20. The van der Waals surface area contributed by atoms with Crippen LogP contribution in [0, 0.1) is 0 Å². The van der Waals surface area contributed by atoms with E-state index in [0.717, 1.165) is 22.9 Å². The number of carboxylic acids is 1. The Kier molecular flexibility index (Phi) is 6.32. The van der Waals surface area contributed by atoms with Gasteiger partial charge in [-0.05, 0) is 40.3 Å². The number of carbonyl (C=O) groups excluding carboxylic acids is 1. The van der Waals surface area contributed by atoms with Crippen LogP contribution in [0.3, 0.4) is 0 Å². The van der Waals surface area contributed by atoms with Crippen LogP contribution in [-0.4, -0.2) is 28.0 Å². The van der Waals surface area contributed by atoms with Gasteiger partial charge in [0.15, 0.2) is 0 Å². The molecule has 4 rings (SSSR count). The number of amides is 1. The zero-order valence-electron chi connectivity index (χ0n) is 17.7. The topological polar surface area (TPSA) is 79.3 Å². The van der Waals surface area contributed by atoms with Crippen molar-refractivity contribution in [1.82, 2.24) is 10.3 Å². The number of alkyl halides is 3. The molecule has 4 aromatic rings. The minimum Gasteiger partial charge on any atom is -0.480 e. The first kappa shape index (κ1) is 23.0. The molecule has 0 spiro atoms. The van der Waals surface area contributed by atoms with Crippen molar-refractivity contribution in [2.24, 2.45) is 0 Å². The third-order valence-corrected chi connectivity index (χ3v) is 5.38. The molecule has 34 heavy (non-hydrogen) atoms. The number of aliphatic carboxylic acids is 1. The van der Waals surface area contributed by atoms with Gasteiger partial charge in [0.1, 0.15) is 11.7 Å². The molecule has 0 fully saturated rings. The van der Waals surface area contributed by atoms with Gasteiger partial charge in [-0.25, -0.2) is 4.79 Å². The fraction of sp³-hybridized carbons (Fsp3) is 0.115. The Morgan fingerprint density at radius 1 is 0.882 bits per heavy atom. The van der Waals surface area contributed by atoms with Gasteiger partial charge in [-0.1, -0.05) is 60.7 Å². The number of fused-ring (bicyclic) bond motifs is 1. The standard InChI is InChI=1S/C26H19F3N2O3/c27-26(28,29)21-7-3-6-18(13-21)17-10-8-16(9-11-17)12-23(25(33)34)31-24(32)22-14-19-4-1-2-5-20(19)15-30-22/h1-11,13-15,23H,12H2,(H,31,32)(H,33,34). The van der Waals surface area contributed by atoms with Crippen molar-refractivity contribution in [2.75, 3.05) is 0 Å². The average Bonchev–Trinajstić information content (AvgIpc) is 2.83. The number of nitrogens with zero attached hydrogens (tertiary/aromatic N) is 1. The van der Waals surface area contributed by atoms with Crippen LogP contribution < -0.4 is 5.32 Å². The molecule has 0 aliphatic heterocycles. The van der Waals surface area contributed by atoms with Crippen molar-refractivity contribution < 1.29 is 27.9 Å². The smallest absolute Gasteiger partial charge is 0.416 e. The van der Waals surface area contributed by atoms with Crippen LogP contribution in [0.15, 0.2) is 85.1 Å². The molecule has 3 aromatic carbocycles. The first-order valence-electron chi connectivity index (χ1n) is 10.4. The van der Waals surface area contributed by atoms with Gasteiger partial charge >= 0.3 is 12.1 Å². The van der Waals surface area contributed by atoms with Gasteiger partial charge in [0, 0.05) is 18.0 Å². The normalized spacial score (nSPS) is 12.3. The highest BCUT2D eigenvalue weighted by Gasteiger charge is 2.30. The minimum absolute atomic E-state index is 0.00245. The molecule has 5 nitrogen and oxygen atoms in total. The fourth-order valence-electron chi connectivity index (χ4n) is 3.58. The zero-order chi connectivity index (χ0) is 24.3. The van der Waals surface area contributed by atoms with Gasteiger partial charge in [0.05, 0.1) is 5.56 Å². The number of hydrogen-bond donors (Lipinski definition) is 2. The van der Waals surface area contributed by atoms with E-state index in [1.807, 2.05) is 24.3 Å². The third kappa shape index (κ3) is 5.23. The van der Waals surface area contributed by atoms with Gasteiger partial charge < -0.3 is 10.4 Å². The lowest BCUT2D eigenvalue weighted by Gasteiger charge is -2.15. The average molecular weight is 464 g/mol. The van der Waals surface area contributed by atoms with Gasteiger partial charge in [-0.15, -0.1) is 0 Å². The van der Waals surface area contributed by atoms with Crippen LogP contribution in [0.4, 0.5) is 13.2 Å². The number of rotatable bonds is 6. The lowest BCUT2D eigenvalue weighted by atomic mass is 9.99. The Morgan fingerprint density at radius 2 is 1.59 bits per heavy atom. The number of nitrogens with one attached hydrogen (secondary N) is 1. The lowest BCUT2D eigenvalue weighted by molar-refractivity contribution is -0.139. The maximum absolute atomic E-state index is 13.0. The van der Waals surface area contributed by atoms with Gasteiger partial charge in [0.2, 0.25) is 0 Å².